The van der Waals surface area contributed by atoms with Gasteiger partial charge in [0.05, 0.1) is 0 Å². The summed E-state index contributed by atoms with van der Waals surface area (Å²) in [5, 5.41) is 13.8. The van der Waals surface area contributed by atoms with Gasteiger partial charge in [0.25, 0.3) is 5.91 Å². The number of nitrogens with one attached hydrogen (secondary N) is 2. The predicted octanol–water partition coefficient (Wildman–Crippen LogP) is 5.25. The first-order chi connectivity index (χ1) is 16.3. The fourth-order valence-electron chi connectivity index (χ4n) is 5.35. The molecule has 0 unspecified atom stereocenters. The Bertz CT molecular complexity index is 1410. The number of aromatic amines is 1. The highest BCUT2D eigenvalue weighted by Crippen LogP contribution is 2.40. The van der Waals surface area contributed by atoms with Gasteiger partial charge in [-0.25, -0.2) is 8.78 Å². The van der Waals surface area contributed by atoms with Crippen molar-refractivity contribution in [3.63, 3.8) is 0 Å². The third-order valence-electron chi connectivity index (χ3n) is 6.93. The minimum atomic E-state index is -0.943. The van der Waals surface area contributed by atoms with Crippen LogP contribution in [0.5, 0.6) is 0 Å². The van der Waals surface area contributed by atoms with Gasteiger partial charge in [-0.15, -0.1) is 0 Å². The van der Waals surface area contributed by atoms with Gasteiger partial charge in [-0.3, -0.25) is 9.59 Å². The average molecular weight is 466 g/mol. The van der Waals surface area contributed by atoms with Crippen molar-refractivity contribution in [2.45, 2.75) is 51.1 Å². The molecule has 0 atom stereocenters. The molecule has 5 rings (SSSR count). The van der Waals surface area contributed by atoms with Crippen molar-refractivity contribution in [2.75, 3.05) is 0 Å². The fourth-order valence-corrected chi connectivity index (χ4v) is 5.35. The van der Waals surface area contributed by atoms with Gasteiger partial charge in [-0.05, 0) is 86.6 Å². The largest absolute Gasteiger partial charge is 0.480 e. The number of H-pyrrole nitrogens is 1. The lowest BCUT2D eigenvalue weighted by atomic mass is 9.80. The van der Waals surface area contributed by atoms with E-state index in [1.807, 2.05) is 6.92 Å². The maximum atomic E-state index is 14.1. The fraction of sp³-hybridized carbons (Fsp3) is 0.308. The van der Waals surface area contributed by atoms with Gasteiger partial charge in [0.1, 0.15) is 23.9 Å². The van der Waals surface area contributed by atoms with Gasteiger partial charge in [-0.1, -0.05) is 0 Å². The number of hydrogen-bond donors (Lipinski definition) is 3. The van der Waals surface area contributed by atoms with E-state index in [0.717, 1.165) is 47.8 Å². The molecule has 0 spiro atoms. The third-order valence-corrected chi connectivity index (χ3v) is 6.93. The van der Waals surface area contributed by atoms with E-state index in [4.69, 9.17) is 0 Å². The monoisotopic (exact) mass is 465 g/mol. The number of nitrogens with zero attached hydrogens (tertiary/aromatic N) is 1. The number of amides is 1. The number of aliphatic carboxylic acids is 1. The number of aromatic nitrogens is 2. The maximum absolute atomic E-state index is 14.1. The first-order valence-electron chi connectivity index (χ1n) is 11.4. The molecule has 1 aliphatic carbocycles. The van der Waals surface area contributed by atoms with Crippen molar-refractivity contribution in [3.8, 4) is 0 Å². The second-order valence-electron chi connectivity index (χ2n) is 9.08. The van der Waals surface area contributed by atoms with Crippen LogP contribution in [-0.4, -0.2) is 32.6 Å². The number of carbonyl (C=O) groups is 2. The average Bonchev–Trinajstić information content (AvgIpc) is 3.33. The Kier molecular flexibility index (Phi) is 5.59. The van der Waals surface area contributed by atoms with Crippen LogP contribution in [0.1, 0.15) is 53.3 Å². The summed E-state index contributed by atoms with van der Waals surface area (Å²) >= 11 is 0. The second kappa shape index (κ2) is 8.59. The molecule has 1 fully saturated rings. The Labute approximate surface area is 194 Å². The molecule has 0 aliphatic heterocycles. The van der Waals surface area contributed by atoms with Crippen LogP contribution in [0.15, 0.2) is 42.5 Å². The van der Waals surface area contributed by atoms with Crippen molar-refractivity contribution >= 4 is 33.7 Å². The molecule has 1 aliphatic rings. The Morgan fingerprint density at radius 3 is 2.50 bits per heavy atom. The molecule has 1 saturated carbocycles. The smallest absolute Gasteiger partial charge is 0.323 e. The molecular formula is C26H25F2N3O3. The Morgan fingerprint density at radius 2 is 1.76 bits per heavy atom. The normalized spacial score (nSPS) is 18.4. The van der Waals surface area contributed by atoms with E-state index in [0.29, 0.717) is 16.6 Å². The van der Waals surface area contributed by atoms with Crippen molar-refractivity contribution in [1.82, 2.24) is 14.9 Å². The molecule has 8 heteroatoms. The maximum Gasteiger partial charge on any atom is 0.323 e. The van der Waals surface area contributed by atoms with E-state index >= 15 is 0 Å². The second-order valence-corrected chi connectivity index (χ2v) is 9.08. The highest BCUT2D eigenvalue weighted by molar-refractivity contribution is 5.98. The lowest BCUT2D eigenvalue weighted by Crippen LogP contribution is -2.37. The summed E-state index contributed by atoms with van der Waals surface area (Å²) in [7, 11) is 0. The number of rotatable bonds is 5. The van der Waals surface area contributed by atoms with Crippen molar-refractivity contribution in [3.05, 3.63) is 71.1 Å². The van der Waals surface area contributed by atoms with Gasteiger partial charge in [0.2, 0.25) is 0 Å². The molecule has 4 aromatic rings. The van der Waals surface area contributed by atoms with Crippen LogP contribution in [0.3, 0.4) is 0 Å². The summed E-state index contributed by atoms with van der Waals surface area (Å²) in [6, 6.07) is 10.5. The number of carbonyl (C=O) groups excluding carboxylic acids is 1. The molecule has 176 valence electrons. The molecule has 2 aromatic carbocycles. The standard InChI is InChI=1S/C26H25F2N3O3/c1-14-25(20-12-18(28)5-9-23(20)31(14)13-24(32)33)15-2-6-19(7-3-15)29-26(34)22-11-16-10-17(27)4-8-21(16)30-22/h4-5,8-12,15,19,30H,2-3,6-7,13H2,1H3,(H,29,34)(H,32,33). The molecule has 6 nitrogen and oxygen atoms in total. The number of fused-ring (bicyclic) bond motifs is 2. The van der Waals surface area contributed by atoms with Gasteiger partial charge >= 0.3 is 5.97 Å². The number of benzene rings is 2. The van der Waals surface area contributed by atoms with Gasteiger partial charge in [-0.2, -0.15) is 0 Å². The summed E-state index contributed by atoms with van der Waals surface area (Å²) in [4.78, 5) is 27.2. The molecular weight excluding hydrogens is 440 g/mol. The van der Waals surface area contributed by atoms with Crippen molar-refractivity contribution < 1.29 is 23.5 Å². The molecule has 2 heterocycles. The predicted molar refractivity (Wildman–Crippen MR) is 125 cm³/mol. The number of carboxylic acids is 1. The topological polar surface area (TPSA) is 87.1 Å². The van der Waals surface area contributed by atoms with Gasteiger partial charge < -0.3 is 20.0 Å². The van der Waals surface area contributed by atoms with E-state index in [1.165, 1.54) is 24.3 Å². The van der Waals surface area contributed by atoms with Crippen LogP contribution in [0, 0.1) is 18.6 Å². The summed E-state index contributed by atoms with van der Waals surface area (Å²) < 4.78 is 29.2. The van der Waals surface area contributed by atoms with Crippen LogP contribution in [0.2, 0.25) is 0 Å². The van der Waals surface area contributed by atoms with Crippen LogP contribution >= 0.6 is 0 Å². The zero-order chi connectivity index (χ0) is 24.0. The van der Waals surface area contributed by atoms with Crippen LogP contribution in [0.4, 0.5) is 8.78 Å². The first kappa shape index (κ1) is 22.1. The molecule has 34 heavy (non-hydrogen) atoms. The SMILES string of the molecule is Cc1c(C2CCC(NC(=O)c3cc4cc(F)ccc4[nH]3)CC2)c2cc(F)ccc2n1CC(=O)O. The number of halogens is 2. The summed E-state index contributed by atoms with van der Waals surface area (Å²) in [6.07, 6.45) is 3.11. The lowest BCUT2D eigenvalue weighted by molar-refractivity contribution is -0.137. The zero-order valence-corrected chi connectivity index (χ0v) is 18.7. The van der Waals surface area contributed by atoms with Crippen molar-refractivity contribution in [2.24, 2.45) is 0 Å². The van der Waals surface area contributed by atoms with Crippen LogP contribution in [0.25, 0.3) is 21.8 Å². The van der Waals surface area contributed by atoms with E-state index in [9.17, 15) is 23.5 Å². The minimum Gasteiger partial charge on any atom is -0.480 e. The summed E-state index contributed by atoms with van der Waals surface area (Å²) in [6.45, 7) is 1.72. The molecule has 0 radical (unpaired) electrons. The third kappa shape index (κ3) is 4.04. The quantitative estimate of drug-likeness (QED) is 0.376. The van der Waals surface area contributed by atoms with Crippen LogP contribution in [-0.2, 0) is 11.3 Å². The lowest BCUT2D eigenvalue weighted by Gasteiger charge is -2.29. The van der Waals surface area contributed by atoms with Gasteiger partial charge in [0, 0.05) is 33.5 Å². The van der Waals surface area contributed by atoms with Crippen LogP contribution < -0.4 is 5.32 Å². The number of hydrogen-bond acceptors (Lipinski definition) is 2. The van der Waals surface area contributed by atoms with E-state index in [2.05, 4.69) is 10.3 Å². The molecule has 0 bridgehead atoms. The first-order valence-corrected chi connectivity index (χ1v) is 11.4. The highest BCUT2D eigenvalue weighted by Gasteiger charge is 2.29. The number of carboxylic acid groups (broad SMARTS) is 1. The summed E-state index contributed by atoms with van der Waals surface area (Å²) in [5.41, 5.74) is 3.67. The van der Waals surface area contributed by atoms with Crippen molar-refractivity contribution in [1.29, 1.82) is 0 Å². The highest BCUT2D eigenvalue weighted by atomic mass is 19.1. The van der Waals surface area contributed by atoms with E-state index in [1.54, 1.807) is 22.8 Å². The summed E-state index contributed by atoms with van der Waals surface area (Å²) in [5.74, 6) is -1.71. The molecule has 1 amide bonds. The van der Waals surface area contributed by atoms with E-state index in [-0.39, 0.29) is 36.0 Å². The molecule has 2 aromatic heterocycles. The van der Waals surface area contributed by atoms with Gasteiger partial charge in [0.15, 0.2) is 0 Å². The minimum absolute atomic E-state index is 0.00342. The zero-order valence-electron chi connectivity index (χ0n) is 18.7. The molecule has 0 saturated heterocycles. The Hall–Kier alpha value is -3.68. The Balaban J connectivity index is 1.32. The van der Waals surface area contributed by atoms with E-state index < -0.39 is 5.97 Å². The molecule has 3 N–H and O–H groups in total. The Morgan fingerprint density at radius 1 is 1.06 bits per heavy atom.